The van der Waals surface area contributed by atoms with Gasteiger partial charge < -0.3 is 0 Å². The molecule has 0 atom stereocenters. The quantitative estimate of drug-likeness (QED) is 0.697. The highest BCUT2D eigenvalue weighted by molar-refractivity contribution is 5.97. The average molecular weight is 292 g/mol. The van der Waals surface area contributed by atoms with Gasteiger partial charge in [-0.3, -0.25) is 14.2 Å². The lowest BCUT2D eigenvalue weighted by atomic mass is 10.0. The first-order valence-corrected chi connectivity index (χ1v) is 7.11. The fraction of sp³-hybridized carbons (Fsp3) is 0.167. The molecule has 0 bridgehead atoms. The van der Waals surface area contributed by atoms with Crippen LogP contribution in [0.4, 0.5) is 0 Å². The Morgan fingerprint density at radius 3 is 2.68 bits per heavy atom. The number of carbonyl (C=O) groups excluding carboxylic acids is 1. The van der Waals surface area contributed by atoms with Gasteiger partial charge in [0.1, 0.15) is 0 Å². The van der Waals surface area contributed by atoms with Crippen LogP contribution < -0.4 is 5.56 Å². The van der Waals surface area contributed by atoms with Crippen molar-refractivity contribution < 1.29 is 4.79 Å². The van der Waals surface area contributed by atoms with Crippen molar-refractivity contribution in [3.63, 3.8) is 0 Å². The normalized spacial score (nSPS) is 10.8. The Balaban J connectivity index is 1.98. The second kappa shape index (κ2) is 5.56. The summed E-state index contributed by atoms with van der Waals surface area (Å²) in [7, 11) is 0. The van der Waals surface area contributed by atoms with Crippen LogP contribution in [0.1, 0.15) is 21.5 Å². The van der Waals surface area contributed by atoms with Crippen molar-refractivity contribution in [2.45, 2.75) is 20.4 Å². The van der Waals surface area contributed by atoms with Crippen LogP contribution in [0.25, 0.3) is 10.9 Å². The minimum atomic E-state index is -0.191. The lowest BCUT2D eigenvalue weighted by molar-refractivity contribution is 0.0970. The van der Waals surface area contributed by atoms with E-state index in [0.717, 1.165) is 11.1 Å². The zero-order valence-electron chi connectivity index (χ0n) is 12.5. The molecular weight excluding hydrogens is 276 g/mol. The number of aromatic nitrogens is 2. The molecule has 0 saturated heterocycles. The lowest BCUT2D eigenvalue weighted by Crippen LogP contribution is -2.25. The molecule has 0 aliphatic rings. The fourth-order valence-corrected chi connectivity index (χ4v) is 2.59. The van der Waals surface area contributed by atoms with Crippen molar-refractivity contribution in [1.29, 1.82) is 0 Å². The van der Waals surface area contributed by atoms with E-state index in [4.69, 9.17) is 0 Å². The van der Waals surface area contributed by atoms with Crippen molar-refractivity contribution in [2.75, 3.05) is 0 Å². The minimum Gasteiger partial charge on any atom is -0.292 e. The van der Waals surface area contributed by atoms with E-state index in [1.807, 2.05) is 38.1 Å². The van der Waals surface area contributed by atoms with Crippen molar-refractivity contribution in [2.24, 2.45) is 0 Å². The molecule has 1 aromatic heterocycles. The zero-order chi connectivity index (χ0) is 15.7. The van der Waals surface area contributed by atoms with Crippen molar-refractivity contribution in [3.8, 4) is 0 Å². The Hall–Kier alpha value is -2.75. The zero-order valence-corrected chi connectivity index (χ0v) is 12.5. The number of benzene rings is 2. The summed E-state index contributed by atoms with van der Waals surface area (Å²) in [6, 6.07) is 12.8. The van der Waals surface area contributed by atoms with Gasteiger partial charge in [-0.2, -0.15) is 0 Å². The summed E-state index contributed by atoms with van der Waals surface area (Å²) >= 11 is 0. The molecule has 0 aliphatic heterocycles. The van der Waals surface area contributed by atoms with Gasteiger partial charge in [-0.25, -0.2) is 4.98 Å². The lowest BCUT2D eigenvalue weighted by Gasteiger charge is -2.08. The Morgan fingerprint density at radius 1 is 1.14 bits per heavy atom. The third-order valence-corrected chi connectivity index (χ3v) is 3.73. The van der Waals surface area contributed by atoms with E-state index in [2.05, 4.69) is 4.98 Å². The van der Waals surface area contributed by atoms with Gasteiger partial charge in [-0.05, 0) is 31.5 Å². The average Bonchev–Trinajstić information content (AvgIpc) is 2.50. The van der Waals surface area contributed by atoms with Crippen LogP contribution in [0.5, 0.6) is 0 Å². The molecule has 0 N–H and O–H groups in total. The second-order valence-electron chi connectivity index (χ2n) is 5.44. The van der Waals surface area contributed by atoms with Crippen LogP contribution >= 0.6 is 0 Å². The molecule has 4 heteroatoms. The van der Waals surface area contributed by atoms with Gasteiger partial charge >= 0.3 is 0 Å². The third-order valence-electron chi connectivity index (χ3n) is 3.73. The first-order chi connectivity index (χ1) is 10.6. The largest absolute Gasteiger partial charge is 0.292 e. The molecule has 1 heterocycles. The molecule has 0 unspecified atom stereocenters. The number of rotatable bonds is 3. The number of Topliss-reactive ketones (excluding diaryl/α,β-unsaturated/α-hetero) is 1. The van der Waals surface area contributed by atoms with E-state index in [1.165, 1.54) is 10.9 Å². The molecule has 2 aromatic carbocycles. The minimum absolute atomic E-state index is 0.000564. The molecule has 0 radical (unpaired) electrons. The number of ketones is 1. The van der Waals surface area contributed by atoms with E-state index in [1.54, 1.807) is 18.2 Å². The van der Waals surface area contributed by atoms with Gasteiger partial charge in [0.05, 0.1) is 23.8 Å². The highest BCUT2D eigenvalue weighted by Crippen LogP contribution is 2.12. The standard InChI is InChI=1S/C18H16N2O2/c1-12-7-8-14(13(2)9-12)17(21)10-20-11-19-16-6-4-3-5-15(16)18(20)22/h3-9,11H,10H2,1-2H3. The Kier molecular flexibility index (Phi) is 3.59. The van der Waals surface area contributed by atoms with Gasteiger partial charge in [0.15, 0.2) is 5.78 Å². The van der Waals surface area contributed by atoms with Crippen LogP contribution in [0.2, 0.25) is 0 Å². The fourth-order valence-electron chi connectivity index (χ4n) is 2.59. The van der Waals surface area contributed by atoms with Gasteiger partial charge in [0.25, 0.3) is 5.56 Å². The number of aryl methyl sites for hydroxylation is 2. The summed E-state index contributed by atoms with van der Waals surface area (Å²) in [5.74, 6) is -0.0864. The first-order valence-electron chi connectivity index (χ1n) is 7.11. The second-order valence-corrected chi connectivity index (χ2v) is 5.44. The molecule has 4 nitrogen and oxygen atoms in total. The Labute approximate surface area is 128 Å². The summed E-state index contributed by atoms with van der Waals surface area (Å²) in [6.07, 6.45) is 1.44. The molecule has 0 saturated carbocycles. The van der Waals surface area contributed by atoms with Gasteiger partial charge in [-0.15, -0.1) is 0 Å². The summed E-state index contributed by atoms with van der Waals surface area (Å²) in [5, 5.41) is 0.526. The number of fused-ring (bicyclic) bond motifs is 1. The number of nitrogens with zero attached hydrogens (tertiary/aromatic N) is 2. The summed E-state index contributed by atoms with van der Waals surface area (Å²) < 4.78 is 1.37. The maximum absolute atomic E-state index is 12.4. The molecule has 0 spiro atoms. The first kappa shape index (κ1) is 14.2. The summed E-state index contributed by atoms with van der Waals surface area (Å²) in [4.78, 5) is 29.1. The van der Waals surface area contributed by atoms with Crippen LogP contribution in [0.3, 0.4) is 0 Å². The third kappa shape index (κ3) is 2.55. The van der Waals surface area contributed by atoms with Crippen molar-refractivity contribution >= 4 is 16.7 Å². The van der Waals surface area contributed by atoms with E-state index >= 15 is 0 Å². The molecule has 3 aromatic rings. The van der Waals surface area contributed by atoms with Crippen LogP contribution in [-0.2, 0) is 6.54 Å². The van der Waals surface area contributed by atoms with E-state index in [9.17, 15) is 9.59 Å². The topological polar surface area (TPSA) is 52.0 Å². The highest BCUT2D eigenvalue weighted by atomic mass is 16.1. The highest BCUT2D eigenvalue weighted by Gasteiger charge is 2.12. The van der Waals surface area contributed by atoms with Crippen LogP contribution in [-0.4, -0.2) is 15.3 Å². The molecule has 0 fully saturated rings. The van der Waals surface area contributed by atoms with E-state index in [0.29, 0.717) is 16.5 Å². The predicted molar refractivity (Wildman–Crippen MR) is 86.2 cm³/mol. The number of hydrogen-bond acceptors (Lipinski definition) is 3. The predicted octanol–water partition coefficient (Wildman–Crippen LogP) is 2.90. The van der Waals surface area contributed by atoms with E-state index in [-0.39, 0.29) is 17.9 Å². The van der Waals surface area contributed by atoms with Crippen molar-refractivity contribution in [3.05, 3.63) is 75.8 Å². The monoisotopic (exact) mass is 292 g/mol. The smallest absolute Gasteiger partial charge is 0.261 e. The molecule has 0 amide bonds. The molecule has 22 heavy (non-hydrogen) atoms. The summed E-state index contributed by atoms with van der Waals surface area (Å²) in [6.45, 7) is 3.89. The van der Waals surface area contributed by atoms with E-state index < -0.39 is 0 Å². The summed E-state index contributed by atoms with van der Waals surface area (Å²) in [5.41, 5.74) is 3.13. The molecule has 0 aliphatic carbocycles. The molecule has 110 valence electrons. The van der Waals surface area contributed by atoms with Crippen LogP contribution in [0.15, 0.2) is 53.6 Å². The Morgan fingerprint density at radius 2 is 1.91 bits per heavy atom. The maximum atomic E-state index is 12.4. The van der Waals surface area contributed by atoms with Gasteiger partial charge in [0, 0.05) is 5.56 Å². The molecular formula is C18H16N2O2. The molecule has 3 rings (SSSR count). The van der Waals surface area contributed by atoms with Crippen LogP contribution in [0, 0.1) is 13.8 Å². The number of hydrogen-bond donors (Lipinski definition) is 0. The number of para-hydroxylation sites is 1. The number of carbonyl (C=O) groups is 1. The Bertz CT molecular complexity index is 926. The van der Waals surface area contributed by atoms with Crippen molar-refractivity contribution in [1.82, 2.24) is 9.55 Å². The van der Waals surface area contributed by atoms with Gasteiger partial charge in [0.2, 0.25) is 0 Å². The van der Waals surface area contributed by atoms with Gasteiger partial charge in [-0.1, -0.05) is 35.9 Å². The SMILES string of the molecule is Cc1ccc(C(=O)Cn2cnc3ccccc3c2=O)c(C)c1. The maximum Gasteiger partial charge on any atom is 0.261 e.